The van der Waals surface area contributed by atoms with Gasteiger partial charge < -0.3 is 14.5 Å². The summed E-state index contributed by atoms with van der Waals surface area (Å²) in [6.07, 6.45) is 0. The van der Waals surface area contributed by atoms with Crippen LogP contribution in [0.1, 0.15) is 11.5 Å². The summed E-state index contributed by atoms with van der Waals surface area (Å²) in [5.74, 6) is 3.66. The second kappa shape index (κ2) is 6.52. The minimum absolute atomic E-state index is 0.763. The molecule has 0 aliphatic heterocycles. The largest absolute Gasteiger partial charge is 0.496 e. The van der Waals surface area contributed by atoms with Crippen LogP contribution in [0.2, 0.25) is 0 Å². The maximum Gasteiger partial charge on any atom is 0.132 e. The van der Waals surface area contributed by atoms with E-state index in [-0.39, 0.29) is 0 Å². The predicted octanol–water partition coefficient (Wildman–Crippen LogP) is 3.30. The molecule has 0 saturated heterocycles. The Morgan fingerprint density at radius 3 is 2.72 bits per heavy atom. The van der Waals surface area contributed by atoms with Crippen molar-refractivity contribution in [1.29, 1.82) is 0 Å². The van der Waals surface area contributed by atoms with Crippen molar-refractivity contribution in [2.24, 2.45) is 0 Å². The van der Waals surface area contributed by atoms with Crippen LogP contribution in [0.3, 0.4) is 0 Å². The lowest BCUT2D eigenvalue weighted by atomic mass is 10.3. The lowest BCUT2D eigenvalue weighted by molar-refractivity contribution is 0.404. The molecule has 0 atom stereocenters. The van der Waals surface area contributed by atoms with Gasteiger partial charge in [0.2, 0.25) is 0 Å². The van der Waals surface area contributed by atoms with E-state index in [2.05, 4.69) is 11.4 Å². The minimum atomic E-state index is 0.763. The number of hydrogen-bond donors (Lipinski definition) is 1. The van der Waals surface area contributed by atoms with E-state index in [0.717, 1.165) is 34.5 Å². The van der Waals surface area contributed by atoms with Gasteiger partial charge in [0.05, 0.1) is 19.4 Å². The summed E-state index contributed by atoms with van der Waals surface area (Å²) in [6, 6.07) is 12.0. The second-order valence-corrected chi connectivity index (χ2v) is 4.86. The summed E-state index contributed by atoms with van der Waals surface area (Å²) in [5.41, 5.74) is 0. The second-order valence-electron chi connectivity index (χ2n) is 3.84. The van der Waals surface area contributed by atoms with Crippen molar-refractivity contribution in [2.45, 2.75) is 17.2 Å². The number of methoxy groups -OCH3 is 1. The molecule has 1 aromatic carbocycles. The Morgan fingerprint density at radius 1 is 1.17 bits per heavy atom. The van der Waals surface area contributed by atoms with Crippen LogP contribution in [0.15, 0.2) is 45.7 Å². The molecule has 0 fully saturated rings. The third-order valence-electron chi connectivity index (χ3n) is 2.51. The van der Waals surface area contributed by atoms with E-state index in [1.807, 2.05) is 37.4 Å². The van der Waals surface area contributed by atoms with E-state index in [0.29, 0.717) is 0 Å². The maximum absolute atomic E-state index is 5.70. The highest BCUT2D eigenvalue weighted by molar-refractivity contribution is 7.98. The third kappa shape index (κ3) is 3.31. The van der Waals surface area contributed by atoms with Gasteiger partial charge >= 0.3 is 0 Å². The number of nitrogens with one attached hydrogen (secondary N) is 1. The normalized spacial score (nSPS) is 10.6. The van der Waals surface area contributed by atoms with Gasteiger partial charge in [0, 0.05) is 4.90 Å². The summed E-state index contributed by atoms with van der Waals surface area (Å²) in [7, 11) is 3.60. The number of hydrogen-bond acceptors (Lipinski definition) is 4. The van der Waals surface area contributed by atoms with Gasteiger partial charge in [0.25, 0.3) is 0 Å². The standard InChI is InChI=1S/C14H17NO2S/c1-15-9-11-7-8-12(17-11)10-18-14-6-4-3-5-13(14)16-2/h3-8,15H,9-10H2,1-2H3. The van der Waals surface area contributed by atoms with E-state index < -0.39 is 0 Å². The predicted molar refractivity (Wildman–Crippen MR) is 74.0 cm³/mol. The van der Waals surface area contributed by atoms with Gasteiger partial charge in [0.1, 0.15) is 17.3 Å². The van der Waals surface area contributed by atoms with E-state index in [9.17, 15) is 0 Å². The van der Waals surface area contributed by atoms with Gasteiger partial charge in [-0.25, -0.2) is 0 Å². The van der Waals surface area contributed by atoms with Crippen LogP contribution >= 0.6 is 11.8 Å². The molecule has 0 aliphatic carbocycles. The summed E-state index contributed by atoms with van der Waals surface area (Å²) in [4.78, 5) is 1.13. The molecular weight excluding hydrogens is 246 g/mol. The van der Waals surface area contributed by atoms with Crippen molar-refractivity contribution >= 4 is 11.8 Å². The molecule has 0 bridgehead atoms. The van der Waals surface area contributed by atoms with Gasteiger partial charge in [-0.1, -0.05) is 12.1 Å². The maximum atomic E-state index is 5.70. The van der Waals surface area contributed by atoms with Crippen LogP contribution in [0, 0.1) is 0 Å². The van der Waals surface area contributed by atoms with Crippen molar-refractivity contribution in [3.05, 3.63) is 47.9 Å². The lowest BCUT2D eigenvalue weighted by Crippen LogP contribution is -2.03. The fourth-order valence-corrected chi connectivity index (χ4v) is 2.58. The first-order valence-electron chi connectivity index (χ1n) is 5.81. The average molecular weight is 263 g/mol. The highest BCUT2D eigenvalue weighted by Crippen LogP contribution is 2.31. The molecule has 96 valence electrons. The Hall–Kier alpha value is -1.39. The van der Waals surface area contributed by atoms with E-state index in [1.165, 1.54) is 0 Å². The molecular formula is C14H17NO2S. The number of thioether (sulfide) groups is 1. The van der Waals surface area contributed by atoms with Gasteiger partial charge in [0.15, 0.2) is 0 Å². The summed E-state index contributed by atoms with van der Waals surface area (Å²) in [5, 5.41) is 3.07. The smallest absolute Gasteiger partial charge is 0.132 e. The van der Waals surface area contributed by atoms with Crippen LogP contribution in [-0.2, 0) is 12.3 Å². The van der Waals surface area contributed by atoms with Gasteiger partial charge in [-0.15, -0.1) is 11.8 Å². The molecule has 4 heteroatoms. The third-order valence-corrected chi connectivity index (χ3v) is 3.58. The molecule has 2 aromatic rings. The molecule has 0 radical (unpaired) electrons. The Labute approximate surface area is 112 Å². The fourth-order valence-electron chi connectivity index (χ4n) is 1.66. The first-order valence-corrected chi connectivity index (χ1v) is 6.80. The van der Waals surface area contributed by atoms with Crippen molar-refractivity contribution in [3.63, 3.8) is 0 Å². The van der Waals surface area contributed by atoms with Crippen molar-refractivity contribution in [2.75, 3.05) is 14.2 Å². The molecule has 0 amide bonds. The molecule has 0 spiro atoms. The lowest BCUT2D eigenvalue weighted by Gasteiger charge is -2.06. The molecule has 1 aromatic heterocycles. The number of furan rings is 1. The molecule has 1 heterocycles. The van der Waals surface area contributed by atoms with Crippen molar-refractivity contribution in [1.82, 2.24) is 5.32 Å². The Kier molecular flexibility index (Phi) is 4.73. The number of ether oxygens (including phenoxy) is 1. The molecule has 18 heavy (non-hydrogen) atoms. The summed E-state index contributed by atoms with van der Waals surface area (Å²) < 4.78 is 11.0. The van der Waals surface area contributed by atoms with Crippen LogP contribution in [0.4, 0.5) is 0 Å². The Bertz CT molecular complexity index is 496. The van der Waals surface area contributed by atoms with E-state index >= 15 is 0 Å². The topological polar surface area (TPSA) is 34.4 Å². The van der Waals surface area contributed by atoms with Crippen molar-refractivity contribution in [3.8, 4) is 5.75 Å². The molecule has 2 rings (SSSR count). The number of benzene rings is 1. The zero-order valence-electron chi connectivity index (χ0n) is 10.6. The number of rotatable bonds is 6. The molecule has 0 aliphatic rings. The molecule has 0 saturated carbocycles. The van der Waals surface area contributed by atoms with Crippen LogP contribution in [0.25, 0.3) is 0 Å². The zero-order chi connectivity index (χ0) is 12.8. The monoisotopic (exact) mass is 263 g/mol. The first kappa shape index (κ1) is 13.1. The highest BCUT2D eigenvalue weighted by atomic mass is 32.2. The van der Waals surface area contributed by atoms with Crippen LogP contribution < -0.4 is 10.1 Å². The SMILES string of the molecule is CNCc1ccc(CSc2ccccc2OC)o1. The Balaban J connectivity index is 1.97. The van der Waals surface area contributed by atoms with E-state index in [1.54, 1.807) is 18.9 Å². The number of para-hydroxylation sites is 1. The van der Waals surface area contributed by atoms with Gasteiger partial charge in [-0.2, -0.15) is 0 Å². The Morgan fingerprint density at radius 2 is 1.94 bits per heavy atom. The highest BCUT2D eigenvalue weighted by Gasteiger charge is 2.05. The zero-order valence-corrected chi connectivity index (χ0v) is 11.4. The quantitative estimate of drug-likeness (QED) is 0.811. The van der Waals surface area contributed by atoms with Gasteiger partial charge in [-0.3, -0.25) is 0 Å². The summed E-state index contributed by atoms with van der Waals surface area (Å²) >= 11 is 1.72. The average Bonchev–Trinajstić information content (AvgIpc) is 2.85. The fraction of sp³-hybridized carbons (Fsp3) is 0.286. The molecule has 1 N–H and O–H groups in total. The van der Waals surface area contributed by atoms with Crippen LogP contribution in [-0.4, -0.2) is 14.2 Å². The van der Waals surface area contributed by atoms with Gasteiger partial charge in [-0.05, 0) is 31.3 Å². The first-order chi connectivity index (χ1) is 8.83. The van der Waals surface area contributed by atoms with Crippen molar-refractivity contribution < 1.29 is 9.15 Å². The van der Waals surface area contributed by atoms with E-state index in [4.69, 9.17) is 9.15 Å². The van der Waals surface area contributed by atoms with Crippen LogP contribution in [0.5, 0.6) is 5.75 Å². The molecule has 3 nitrogen and oxygen atoms in total. The summed E-state index contributed by atoms with van der Waals surface area (Å²) in [6.45, 7) is 0.763. The molecule has 0 unspecified atom stereocenters. The minimum Gasteiger partial charge on any atom is -0.496 e.